The number of anilines is 1. The molecule has 0 aliphatic heterocycles. The standard InChI is InChI=1S/C11H17N3O/c1-2-6-14-11(15)7-10(8-12-14)13-9-4-3-5-9/h7-9,13H,2-6H2,1H3. The van der Waals surface area contributed by atoms with Crippen LogP contribution in [0.1, 0.15) is 32.6 Å². The van der Waals surface area contributed by atoms with Gasteiger partial charge in [0.05, 0.1) is 11.9 Å². The monoisotopic (exact) mass is 207 g/mol. The predicted molar refractivity (Wildman–Crippen MR) is 60.0 cm³/mol. The molecule has 0 atom stereocenters. The number of nitrogens with zero attached hydrogens (tertiary/aromatic N) is 2. The first-order valence-corrected chi connectivity index (χ1v) is 5.63. The van der Waals surface area contributed by atoms with Crippen molar-refractivity contribution in [1.29, 1.82) is 0 Å². The van der Waals surface area contributed by atoms with E-state index in [4.69, 9.17) is 0 Å². The van der Waals surface area contributed by atoms with Gasteiger partial charge in [0.2, 0.25) is 0 Å². The van der Waals surface area contributed by atoms with Gasteiger partial charge in [0, 0.05) is 18.7 Å². The summed E-state index contributed by atoms with van der Waals surface area (Å²) in [7, 11) is 0. The molecule has 0 radical (unpaired) electrons. The maximum absolute atomic E-state index is 11.6. The zero-order valence-electron chi connectivity index (χ0n) is 9.07. The lowest BCUT2D eigenvalue weighted by Gasteiger charge is -2.27. The molecule has 1 aliphatic carbocycles. The summed E-state index contributed by atoms with van der Waals surface area (Å²) in [5.41, 5.74) is 0.846. The van der Waals surface area contributed by atoms with E-state index < -0.39 is 0 Å². The second kappa shape index (κ2) is 4.47. The minimum absolute atomic E-state index is 0.0128. The largest absolute Gasteiger partial charge is 0.381 e. The summed E-state index contributed by atoms with van der Waals surface area (Å²) in [5.74, 6) is 0. The van der Waals surface area contributed by atoms with E-state index in [0.29, 0.717) is 12.6 Å². The zero-order chi connectivity index (χ0) is 10.7. The van der Waals surface area contributed by atoms with E-state index in [0.717, 1.165) is 12.1 Å². The lowest BCUT2D eigenvalue weighted by molar-refractivity contribution is 0.445. The van der Waals surface area contributed by atoms with Crippen LogP contribution in [0.15, 0.2) is 17.1 Å². The van der Waals surface area contributed by atoms with Crippen LogP contribution in [0.25, 0.3) is 0 Å². The Morgan fingerprint density at radius 3 is 2.93 bits per heavy atom. The molecule has 15 heavy (non-hydrogen) atoms. The van der Waals surface area contributed by atoms with E-state index >= 15 is 0 Å². The van der Waals surface area contributed by atoms with Gasteiger partial charge in [-0.3, -0.25) is 4.79 Å². The highest BCUT2D eigenvalue weighted by Crippen LogP contribution is 2.21. The molecule has 1 aromatic rings. The van der Waals surface area contributed by atoms with Crippen LogP contribution in [0.5, 0.6) is 0 Å². The second-order valence-electron chi connectivity index (χ2n) is 4.08. The summed E-state index contributed by atoms with van der Waals surface area (Å²) in [6.07, 6.45) is 6.38. The summed E-state index contributed by atoms with van der Waals surface area (Å²) < 4.78 is 1.51. The Morgan fingerprint density at radius 1 is 1.60 bits per heavy atom. The van der Waals surface area contributed by atoms with E-state index in [1.807, 2.05) is 6.92 Å². The van der Waals surface area contributed by atoms with Gasteiger partial charge in [-0.05, 0) is 25.7 Å². The number of aromatic nitrogens is 2. The smallest absolute Gasteiger partial charge is 0.268 e. The molecule has 0 saturated heterocycles. The molecule has 1 heterocycles. The number of aryl methyl sites for hydroxylation is 1. The van der Waals surface area contributed by atoms with Crippen molar-refractivity contribution in [2.45, 2.75) is 45.2 Å². The Hall–Kier alpha value is -1.32. The van der Waals surface area contributed by atoms with Gasteiger partial charge >= 0.3 is 0 Å². The fourth-order valence-corrected chi connectivity index (χ4v) is 1.68. The molecular weight excluding hydrogens is 190 g/mol. The first-order chi connectivity index (χ1) is 7.29. The number of nitrogens with one attached hydrogen (secondary N) is 1. The van der Waals surface area contributed by atoms with Gasteiger partial charge in [0.25, 0.3) is 5.56 Å². The minimum atomic E-state index is -0.0128. The Kier molecular flexibility index (Phi) is 3.04. The quantitative estimate of drug-likeness (QED) is 0.816. The minimum Gasteiger partial charge on any atom is -0.381 e. The third kappa shape index (κ3) is 2.37. The number of hydrogen-bond donors (Lipinski definition) is 1. The van der Waals surface area contributed by atoms with Gasteiger partial charge in [0.1, 0.15) is 0 Å². The molecule has 4 heteroatoms. The van der Waals surface area contributed by atoms with Crippen molar-refractivity contribution in [3.05, 3.63) is 22.6 Å². The van der Waals surface area contributed by atoms with Crippen LogP contribution in [-0.4, -0.2) is 15.8 Å². The van der Waals surface area contributed by atoms with Gasteiger partial charge in [-0.2, -0.15) is 5.10 Å². The van der Waals surface area contributed by atoms with Gasteiger partial charge in [-0.25, -0.2) is 4.68 Å². The third-order valence-corrected chi connectivity index (χ3v) is 2.78. The van der Waals surface area contributed by atoms with Crippen LogP contribution in [-0.2, 0) is 6.54 Å². The molecule has 0 bridgehead atoms. The van der Waals surface area contributed by atoms with Crippen LogP contribution in [0.3, 0.4) is 0 Å². The second-order valence-corrected chi connectivity index (χ2v) is 4.08. The van der Waals surface area contributed by atoms with Crippen molar-refractivity contribution >= 4 is 5.69 Å². The van der Waals surface area contributed by atoms with Crippen LogP contribution < -0.4 is 10.9 Å². The van der Waals surface area contributed by atoms with E-state index in [2.05, 4.69) is 10.4 Å². The third-order valence-electron chi connectivity index (χ3n) is 2.78. The molecule has 1 aliphatic rings. The van der Waals surface area contributed by atoms with Crippen molar-refractivity contribution in [2.24, 2.45) is 0 Å². The topological polar surface area (TPSA) is 46.9 Å². The lowest BCUT2D eigenvalue weighted by atomic mass is 9.93. The van der Waals surface area contributed by atoms with E-state index in [1.54, 1.807) is 12.3 Å². The summed E-state index contributed by atoms with van der Waals surface area (Å²) in [4.78, 5) is 11.6. The molecule has 1 aromatic heterocycles. The Bertz CT molecular complexity index is 382. The summed E-state index contributed by atoms with van der Waals surface area (Å²) in [5, 5.41) is 7.43. The Labute approximate surface area is 89.3 Å². The molecule has 2 rings (SSSR count). The fourth-order valence-electron chi connectivity index (χ4n) is 1.68. The number of rotatable bonds is 4. The molecule has 0 spiro atoms. The zero-order valence-corrected chi connectivity index (χ0v) is 9.07. The molecule has 0 unspecified atom stereocenters. The van der Waals surface area contributed by atoms with Gasteiger partial charge in [-0.1, -0.05) is 6.92 Å². The average molecular weight is 207 g/mol. The van der Waals surface area contributed by atoms with Crippen molar-refractivity contribution < 1.29 is 0 Å². The molecule has 82 valence electrons. The van der Waals surface area contributed by atoms with Gasteiger partial charge < -0.3 is 5.32 Å². The highest BCUT2D eigenvalue weighted by molar-refractivity contribution is 5.40. The van der Waals surface area contributed by atoms with Crippen molar-refractivity contribution in [3.63, 3.8) is 0 Å². The summed E-state index contributed by atoms with van der Waals surface area (Å²) >= 11 is 0. The Balaban J connectivity index is 2.06. The number of hydrogen-bond acceptors (Lipinski definition) is 3. The molecule has 1 fully saturated rings. The van der Waals surface area contributed by atoms with Crippen LogP contribution in [0.2, 0.25) is 0 Å². The normalized spacial score (nSPS) is 16.1. The lowest BCUT2D eigenvalue weighted by Crippen LogP contribution is -2.29. The van der Waals surface area contributed by atoms with Crippen molar-refractivity contribution in [3.8, 4) is 0 Å². The van der Waals surface area contributed by atoms with E-state index in [-0.39, 0.29) is 5.56 Å². The average Bonchev–Trinajstić information content (AvgIpc) is 2.16. The highest BCUT2D eigenvalue weighted by atomic mass is 16.1. The van der Waals surface area contributed by atoms with Crippen molar-refractivity contribution in [1.82, 2.24) is 9.78 Å². The van der Waals surface area contributed by atoms with Gasteiger partial charge in [-0.15, -0.1) is 0 Å². The maximum atomic E-state index is 11.6. The first-order valence-electron chi connectivity index (χ1n) is 5.63. The van der Waals surface area contributed by atoms with Crippen LogP contribution in [0.4, 0.5) is 5.69 Å². The molecule has 0 aromatic carbocycles. The Morgan fingerprint density at radius 2 is 2.40 bits per heavy atom. The van der Waals surface area contributed by atoms with Crippen LogP contribution >= 0.6 is 0 Å². The van der Waals surface area contributed by atoms with E-state index in [1.165, 1.54) is 23.9 Å². The summed E-state index contributed by atoms with van der Waals surface area (Å²) in [6.45, 7) is 2.73. The SMILES string of the molecule is CCCn1ncc(NC2CCC2)cc1=O. The van der Waals surface area contributed by atoms with Crippen LogP contribution in [0, 0.1) is 0 Å². The van der Waals surface area contributed by atoms with Crippen molar-refractivity contribution in [2.75, 3.05) is 5.32 Å². The molecule has 1 N–H and O–H groups in total. The first kappa shape index (κ1) is 10.2. The molecule has 1 saturated carbocycles. The fraction of sp³-hybridized carbons (Fsp3) is 0.636. The molecule has 4 nitrogen and oxygen atoms in total. The van der Waals surface area contributed by atoms with E-state index in [9.17, 15) is 4.79 Å². The maximum Gasteiger partial charge on any atom is 0.268 e. The predicted octanol–water partition coefficient (Wildman–Crippen LogP) is 1.62. The summed E-state index contributed by atoms with van der Waals surface area (Å²) in [6, 6.07) is 2.19. The van der Waals surface area contributed by atoms with Gasteiger partial charge in [0.15, 0.2) is 0 Å². The highest BCUT2D eigenvalue weighted by Gasteiger charge is 2.16. The molecular formula is C11H17N3O. The molecule has 0 amide bonds.